The second-order valence-electron chi connectivity index (χ2n) is 6.35. The highest BCUT2D eigenvalue weighted by Crippen LogP contribution is 2.43. The fourth-order valence-electron chi connectivity index (χ4n) is 3.75. The molecule has 2 heteroatoms. The van der Waals surface area contributed by atoms with Crippen molar-refractivity contribution < 1.29 is 0 Å². The maximum atomic E-state index is 3.86. The van der Waals surface area contributed by atoms with Gasteiger partial charge in [0.05, 0.1) is 12.2 Å². The molecular weight excluding hydrogens is 220 g/mol. The average Bonchev–Trinajstić information content (AvgIpc) is 2.83. The quantitative estimate of drug-likeness (QED) is 0.860. The fraction of sp³-hybridized carbons (Fsp3) is 0.625. The summed E-state index contributed by atoms with van der Waals surface area (Å²) in [6.07, 6.45) is 1.71. The lowest BCUT2D eigenvalue weighted by atomic mass is 10.0. The van der Waals surface area contributed by atoms with E-state index in [1.807, 2.05) is 0 Å². The van der Waals surface area contributed by atoms with Gasteiger partial charge >= 0.3 is 0 Å². The third kappa shape index (κ3) is 1.70. The molecule has 0 aromatic heterocycles. The highest BCUT2D eigenvalue weighted by Gasteiger charge is 2.47. The van der Waals surface area contributed by atoms with Gasteiger partial charge in [0, 0.05) is 12.1 Å². The van der Waals surface area contributed by atoms with Gasteiger partial charge in [0.2, 0.25) is 0 Å². The fourth-order valence-corrected chi connectivity index (χ4v) is 3.75. The summed E-state index contributed by atoms with van der Waals surface area (Å²) in [5.74, 6) is 0.658. The standard InChI is InChI=1S/C16H24N2/c1-10(2)16-17-14-9-12-7-5-6-8-13(12)15(14)18(16)11(3)4/h5-8,10-11,14-17H,9H2,1-4H3. The van der Waals surface area contributed by atoms with Crippen LogP contribution in [0, 0.1) is 5.92 Å². The van der Waals surface area contributed by atoms with Crippen LogP contribution < -0.4 is 5.32 Å². The lowest BCUT2D eigenvalue weighted by molar-refractivity contribution is 0.113. The van der Waals surface area contributed by atoms with E-state index in [0.29, 0.717) is 30.2 Å². The van der Waals surface area contributed by atoms with E-state index in [0.717, 1.165) is 0 Å². The van der Waals surface area contributed by atoms with Crippen LogP contribution in [0.15, 0.2) is 24.3 Å². The number of hydrogen-bond donors (Lipinski definition) is 1. The molecule has 0 bridgehead atoms. The molecule has 2 nitrogen and oxygen atoms in total. The van der Waals surface area contributed by atoms with Gasteiger partial charge in [-0.05, 0) is 37.3 Å². The Morgan fingerprint density at radius 2 is 1.89 bits per heavy atom. The molecule has 1 aromatic rings. The minimum absolute atomic E-state index is 0.522. The van der Waals surface area contributed by atoms with Crippen molar-refractivity contribution in [3.8, 4) is 0 Å². The van der Waals surface area contributed by atoms with Gasteiger partial charge in [0.1, 0.15) is 0 Å². The van der Waals surface area contributed by atoms with Gasteiger partial charge in [-0.2, -0.15) is 0 Å². The van der Waals surface area contributed by atoms with Crippen molar-refractivity contribution in [1.82, 2.24) is 10.2 Å². The summed E-state index contributed by atoms with van der Waals surface area (Å²) >= 11 is 0. The van der Waals surface area contributed by atoms with Crippen molar-refractivity contribution >= 4 is 0 Å². The summed E-state index contributed by atoms with van der Waals surface area (Å²) in [6, 6.07) is 10.7. The van der Waals surface area contributed by atoms with Crippen molar-refractivity contribution in [2.24, 2.45) is 5.92 Å². The van der Waals surface area contributed by atoms with Crippen molar-refractivity contribution in [3.63, 3.8) is 0 Å². The van der Waals surface area contributed by atoms with Gasteiger partial charge in [0.25, 0.3) is 0 Å². The predicted octanol–water partition coefficient (Wildman–Crippen LogP) is 2.95. The Hall–Kier alpha value is -0.860. The summed E-state index contributed by atoms with van der Waals surface area (Å²) in [4.78, 5) is 2.68. The molecule has 3 rings (SSSR count). The molecule has 98 valence electrons. The lowest BCUT2D eigenvalue weighted by Gasteiger charge is -2.35. The molecule has 1 saturated heterocycles. The van der Waals surface area contributed by atoms with Gasteiger partial charge in [-0.3, -0.25) is 10.2 Å². The molecule has 1 N–H and O–H groups in total. The molecule has 1 aliphatic carbocycles. The minimum Gasteiger partial charge on any atom is -0.296 e. The van der Waals surface area contributed by atoms with Crippen LogP contribution in [-0.4, -0.2) is 23.1 Å². The van der Waals surface area contributed by atoms with Crippen LogP contribution in [0.4, 0.5) is 0 Å². The molecule has 3 unspecified atom stereocenters. The topological polar surface area (TPSA) is 15.3 Å². The van der Waals surface area contributed by atoms with E-state index in [1.54, 1.807) is 5.56 Å². The number of rotatable bonds is 2. The SMILES string of the molecule is CC(C)C1NC2Cc3ccccc3C2N1C(C)C. The highest BCUT2D eigenvalue weighted by molar-refractivity contribution is 5.38. The first-order valence-corrected chi connectivity index (χ1v) is 7.21. The first-order chi connectivity index (χ1) is 8.59. The molecule has 18 heavy (non-hydrogen) atoms. The number of nitrogens with one attached hydrogen (secondary N) is 1. The molecule has 3 atom stereocenters. The number of nitrogens with zero attached hydrogens (tertiary/aromatic N) is 1. The Balaban J connectivity index is 1.99. The van der Waals surface area contributed by atoms with E-state index < -0.39 is 0 Å². The zero-order valence-corrected chi connectivity index (χ0v) is 11.9. The van der Waals surface area contributed by atoms with Gasteiger partial charge in [-0.25, -0.2) is 0 Å². The van der Waals surface area contributed by atoms with Gasteiger partial charge in [-0.1, -0.05) is 38.1 Å². The Morgan fingerprint density at radius 1 is 1.17 bits per heavy atom. The number of benzene rings is 1. The maximum absolute atomic E-state index is 3.86. The van der Waals surface area contributed by atoms with Crippen LogP contribution in [0.5, 0.6) is 0 Å². The predicted molar refractivity (Wildman–Crippen MR) is 75.4 cm³/mol. The second-order valence-corrected chi connectivity index (χ2v) is 6.35. The first-order valence-electron chi connectivity index (χ1n) is 7.21. The molecular formula is C16H24N2. The van der Waals surface area contributed by atoms with E-state index >= 15 is 0 Å². The number of hydrogen-bond acceptors (Lipinski definition) is 2. The summed E-state index contributed by atoms with van der Waals surface area (Å²) in [5.41, 5.74) is 3.08. The van der Waals surface area contributed by atoms with Crippen molar-refractivity contribution in [2.75, 3.05) is 0 Å². The van der Waals surface area contributed by atoms with Gasteiger partial charge < -0.3 is 0 Å². The van der Waals surface area contributed by atoms with E-state index in [1.165, 1.54) is 12.0 Å². The Morgan fingerprint density at radius 3 is 2.56 bits per heavy atom. The van der Waals surface area contributed by atoms with E-state index in [9.17, 15) is 0 Å². The normalized spacial score (nSPS) is 31.1. The largest absolute Gasteiger partial charge is 0.296 e. The first kappa shape index (κ1) is 12.2. The highest BCUT2D eigenvalue weighted by atomic mass is 15.4. The molecule has 1 aromatic carbocycles. The van der Waals surface area contributed by atoms with Crippen LogP contribution in [-0.2, 0) is 6.42 Å². The van der Waals surface area contributed by atoms with E-state index in [-0.39, 0.29) is 0 Å². The number of fused-ring (bicyclic) bond motifs is 3. The smallest absolute Gasteiger partial charge is 0.0631 e. The lowest BCUT2D eigenvalue weighted by Crippen LogP contribution is -2.45. The second kappa shape index (κ2) is 4.36. The molecule has 0 spiro atoms. The van der Waals surface area contributed by atoms with Crippen LogP contribution in [0.1, 0.15) is 44.9 Å². The van der Waals surface area contributed by atoms with Crippen LogP contribution >= 0.6 is 0 Å². The van der Waals surface area contributed by atoms with Crippen molar-refractivity contribution in [2.45, 2.75) is 58.4 Å². The maximum Gasteiger partial charge on any atom is 0.0631 e. The third-order valence-electron chi connectivity index (χ3n) is 4.45. The van der Waals surface area contributed by atoms with E-state index in [2.05, 4.69) is 62.2 Å². The Kier molecular flexibility index (Phi) is 2.95. The zero-order chi connectivity index (χ0) is 12.9. The molecule has 1 heterocycles. The Labute approximate surface area is 110 Å². The van der Waals surface area contributed by atoms with Gasteiger partial charge in [0.15, 0.2) is 0 Å². The van der Waals surface area contributed by atoms with Crippen molar-refractivity contribution in [3.05, 3.63) is 35.4 Å². The molecule has 2 aliphatic rings. The van der Waals surface area contributed by atoms with Crippen LogP contribution in [0.3, 0.4) is 0 Å². The summed E-state index contributed by atoms with van der Waals surface area (Å²) in [5, 5.41) is 3.86. The molecule has 0 radical (unpaired) electrons. The third-order valence-corrected chi connectivity index (χ3v) is 4.45. The van der Waals surface area contributed by atoms with Crippen LogP contribution in [0.25, 0.3) is 0 Å². The molecule has 0 amide bonds. The summed E-state index contributed by atoms with van der Waals surface area (Å²) < 4.78 is 0. The summed E-state index contributed by atoms with van der Waals surface area (Å²) in [7, 11) is 0. The average molecular weight is 244 g/mol. The van der Waals surface area contributed by atoms with Crippen molar-refractivity contribution in [1.29, 1.82) is 0 Å². The molecule has 1 aliphatic heterocycles. The van der Waals surface area contributed by atoms with Gasteiger partial charge in [-0.15, -0.1) is 0 Å². The Bertz CT molecular complexity index is 438. The molecule has 1 fully saturated rings. The minimum atomic E-state index is 0.522. The monoisotopic (exact) mass is 244 g/mol. The molecule has 0 saturated carbocycles. The zero-order valence-electron chi connectivity index (χ0n) is 11.9. The van der Waals surface area contributed by atoms with Crippen LogP contribution in [0.2, 0.25) is 0 Å². The summed E-state index contributed by atoms with van der Waals surface area (Å²) in [6.45, 7) is 9.28. The van der Waals surface area contributed by atoms with E-state index in [4.69, 9.17) is 0 Å².